The predicted octanol–water partition coefficient (Wildman–Crippen LogP) is 2.19. The monoisotopic (exact) mass is 340 g/mol. The summed E-state index contributed by atoms with van der Waals surface area (Å²) in [6.07, 6.45) is 1.79. The number of amides is 1. The predicted molar refractivity (Wildman–Crippen MR) is 99.0 cm³/mol. The van der Waals surface area contributed by atoms with Gasteiger partial charge in [0.1, 0.15) is 0 Å². The van der Waals surface area contributed by atoms with Gasteiger partial charge in [-0.3, -0.25) is 9.79 Å². The van der Waals surface area contributed by atoms with Crippen LogP contribution in [0.5, 0.6) is 0 Å². The number of nitrogens with two attached hydrogens (primary N) is 2. The van der Waals surface area contributed by atoms with Gasteiger partial charge in [-0.15, -0.1) is 12.4 Å². The molecule has 0 saturated heterocycles. The molecule has 5 N–H and O–H groups in total. The highest BCUT2D eigenvalue weighted by Crippen LogP contribution is 2.17. The second-order valence-electron chi connectivity index (χ2n) is 6.01. The molecule has 0 aliphatic carbocycles. The van der Waals surface area contributed by atoms with E-state index in [1.807, 2.05) is 19.1 Å². The second kappa shape index (κ2) is 10.9. The average Bonchev–Trinajstić information content (AvgIpc) is 2.45. The normalized spacial score (nSPS) is 11.5. The Morgan fingerprint density at radius 2 is 1.78 bits per heavy atom. The first-order valence-electron chi connectivity index (χ1n) is 7.82. The van der Waals surface area contributed by atoms with E-state index in [0.29, 0.717) is 19.0 Å². The number of nitrogens with one attached hydrogen (secondary N) is 1. The molecule has 23 heavy (non-hydrogen) atoms. The third-order valence-electron chi connectivity index (χ3n) is 3.45. The van der Waals surface area contributed by atoms with Gasteiger partial charge in [0.25, 0.3) is 0 Å². The molecule has 0 radical (unpaired) electrons. The van der Waals surface area contributed by atoms with Gasteiger partial charge in [-0.25, -0.2) is 0 Å². The molecule has 5 nitrogen and oxygen atoms in total. The van der Waals surface area contributed by atoms with E-state index in [-0.39, 0.29) is 30.2 Å². The summed E-state index contributed by atoms with van der Waals surface area (Å²) in [6.45, 7) is 7.42. The van der Waals surface area contributed by atoms with Crippen LogP contribution in [0.1, 0.15) is 44.2 Å². The summed E-state index contributed by atoms with van der Waals surface area (Å²) in [7, 11) is 0. The molecule has 0 saturated carbocycles. The van der Waals surface area contributed by atoms with Crippen LogP contribution in [0.3, 0.4) is 0 Å². The summed E-state index contributed by atoms with van der Waals surface area (Å²) in [5.41, 5.74) is 12.8. The van der Waals surface area contributed by atoms with Crippen LogP contribution in [0, 0.1) is 5.92 Å². The maximum Gasteiger partial charge on any atom is 0.227 e. The van der Waals surface area contributed by atoms with Gasteiger partial charge >= 0.3 is 0 Å². The van der Waals surface area contributed by atoms with Crippen molar-refractivity contribution in [1.82, 2.24) is 5.32 Å². The first kappa shape index (κ1) is 21.2. The molecule has 130 valence electrons. The molecule has 6 heteroatoms. The highest BCUT2D eigenvalue weighted by Gasteiger charge is 2.14. The summed E-state index contributed by atoms with van der Waals surface area (Å²) in [4.78, 5) is 16.0. The number of benzene rings is 1. The number of rotatable bonds is 8. The molecule has 1 aromatic rings. The van der Waals surface area contributed by atoms with E-state index in [1.165, 1.54) is 5.56 Å². The van der Waals surface area contributed by atoms with Crippen molar-refractivity contribution in [2.75, 3.05) is 13.1 Å². The molecule has 0 bridgehead atoms. The highest BCUT2D eigenvalue weighted by atomic mass is 35.5. The number of aliphatic imine (C=N–C) groups is 1. The van der Waals surface area contributed by atoms with Crippen molar-refractivity contribution in [3.63, 3.8) is 0 Å². The van der Waals surface area contributed by atoms with Crippen molar-refractivity contribution in [3.05, 3.63) is 35.4 Å². The first-order valence-corrected chi connectivity index (χ1v) is 7.82. The Bertz CT molecular complexity index is 496. The van der Waals surface area contributed by atoms with Crippen molar-refractivity contribution >= 4 is 24.3 Å². The minimum absolute atomic E-state index is 0. The van der Waals surface area contributed by atoms with Crippen LogP contribution in [-0.2, 0) is 11.2 Å². The van der Waals surface area contributed by atoms with Crippen molar-refractivity contribution in [1.29, 1.82) is 0 Å². The molecule has 1 atom stereocenters. The SMILES string of the molecule is CC(C)Cc1ccc([C@@H](C)C(=O)NCCCN=C(N)N)cc1.Cl. The van der Waals surface area contributed by atoms with Gasteiger partial charge in [0, 0.05) is 13.1 Å². The Kier molecular flexibility index (Phi) is 10.1. The molecule has 0 fully saturated rings. The van der Waals surface area contributed by atoms with Crippen LogP contribution in [0.15, 0.2) is 29.3 Å². The molecule has 0 aromatic heterocycles. The number of carbonyl (C=O) groups excluding carboxylic acids is 1. The highest BCUT2D eigenvalue weighted by molar-refractivity contribution is 5.85. The Morgan fingerprint density at radius 3 is 2.30 bits per heavy atom. The average molecular weight is 341 g/mol. The zero-order chi connectivity index (χ0) is 16.5. The van der Waals surface area contributed by atoms with Crippen molar-refractivity contribution in [2.24, 2.45) is 22.4 Å². The van der Waals surface area contributed by atoms with E-state index >= 15 is 0 Å². The Morgan fingerprint density at radius 1 is 1.17 bits per heavy atom. The fraction of sp³-hybridized carbons (Fsp3) is 0.529. The van der Waals surface area contributed by atoms with Crippen LogP contribution < -0.4 is 16.8 Å². The number of hydrogen-bond donors (Lipinski definition) is 3. The van der Waals surface area contributed by atoms with Crippen LogP contribution in [0.4, 0.5) is 0 Å². The maximum absolute atomic E-state index is 12.1. The molecule has 0 unspecified atom stereocenters. The van der Waals surface area contributed by atoms with Gasteiger partial charge in [0.05, 0.1) is 5.92 Å². The third-order valence-corrected chi connectivity index (χ3v) is 3.45. The number of carbonyl (C=O) groups is 1. The summed E-state index contributed by atoms with van der Waals surface area (Å²) >= 11 is 0. The maximum atomic E-state index is 12.1. The quantitative estimate of drug-likeness (QED) is 0.384. The molecule has 0 heterocycles. The van der Waals surface area contributed by atoms with Crippen LogP contribution in [0.2, 0.25) is 0 Å². The summed E-state index contributed by atoms with van der Waals surface area (Å²) in [6, 6.07) is 8.30. The molecule has 0 spiro atoms. The summed E-state index contributed by atoms with van der Waals surface area (Å²) in [5.74, 6) is 0.593. The standard InChI is InChI=1S/C17H28N4O.ClH/c1-12(2)11-14-5-7-15(8-6-14)13(3)16(22)20-9-4-10-21-17(18)19;/h5-8,12-13H,4,9-11H2,1-3H3,(H,20,22)(H4,18,19,21);1H/t13-;/m1./s1. The summed E-state index contributed by atoms with van der Waals surface area (Å²) in [5, 5.41) is 2.91. The van der Waals surface area contributed by atoms with Gasteiger partial charge in [0.2, 0.25) is 5.91 Å². The lowest BCUT2D eigenvalue weighted by Crippen LogP contribution is -2.29. The van der Waals surface area contributed by atoms with Gasteiger partial charge in [0.15, 0.2) is 5.96 Å². The lowest BCUT2D eigenvalue weighted by Gasteiger charge is -2.13. The van der Waals surface area contributed by atoms with Gasteiger partial charge in [-0.05, 0) is 36.8 Å². The Labute approximate surface area is 145 Å². The van der Waals surface area contributed by atoms with Crippen LogP contribution in [-0.4, -0.2) is 25.0 Å². The lowest BCUT2D eigenvalue weighted by molar-refractivity contribution is -0.122. The number of nitrogens with zero attached hydrogens (tertiary/aromatic N) is 1. The van der Waals surface area contributed by atoms with Gasteiger partial charge < -0.3 is 16.8 Å². The van der Waals surface area contributed by atoms with Gasteiger partial charge in [-0.2, -0.15) is 0 Å². The minimum atomic E-state index is -0.156. The van der Waals surface area contributed by atoms with E-state index in [0.717, 1.165) is 18.4 Å². The second-order valence-corrected chi connectivity index (χ2v) is 6.01. The van der Waals surface area contributed by atoms with E-state index < -0.39 is 0 Å². The zero-order valence-corrected chi connectivity index (χ0v) is 15.0. The van der Waals surface area contributed by atoms with E-state index in [1.54, 1.807) is 0 Å². The largest absolute Gasteiger partial charge is 0.370 e. The fourth-order valence-electron chi connectivity index (χ4n) is 2.22. The first-order chi connectivity index (χ1) is 10.4. The minimum Gasteiger partial charge on any atom is -0.370 e. The van der Waals surface area contributed by atoms with Gasteiger partial charge in [-0.1, -0.05) is 38.1 Å². The molecular formula is C17H29ClN4O. The van der Waals surface area contributed by atoms with E-state index in [4.69, 9.17) is 11.5 Å². The van der Waals surface area contributed by atoms with Crippen LogP contribution in [0.25, 0.3) is 0 Å². The van der Waals surface area contributed by atoms with Crippen molar-refractivity contribution in [2.45, 2.75) is 39.5 Å². The van der Waals surface area contributed by atoms with Crippen LogP contribution >= 0.6 is 12.4 Å². The molecular weight excluding hydrogens is 312 g/mol. The third kappa shape index (κ3) is 8.45. The van der Waals surface area contributed by atoms with Crippen molar-refractivity contribution < 1.29 is 4.79 Å². The zero-order valence-electron chi connectivity index (χ0n) is 14.2. The van der Waals surface area contributed by atoms with E-state index in [2.05, 4.69) is 36.3 Å². The molecule has 1 amide bonds. The Balaban J connectivity index is 0.00000484. The molecule has 1 rings (SSSR count). The topological polar surface area (TPSA) is 93.5 Å². The smallest absolute Gasteiger partial charge is 0.227 e. The molecule has 1 aromatic carbocycles. The number of guanidine groups is 1. The molecule has 0 aliphatic rings. The lowest BCUT2D eigenvalue weighted by atomic mass is 9.96. The van der Waals surface area contributed by atoms with Crippen molar-refractivity contribution in [3.8, 4) is 0 Å². The fourth-order valence-corrected chi connectivity index (χ4v) is 2.22. The summed E-state index contributed by atoms with van der Waals surface area (Å²) < 4.78 is 0. The molecule has 0 aliphatic heterocycles. The number of hydrogen-bond acceptors (Lipinski definition) is 2. The Hall–Kier alpha value is -1.75. The van der Waals surface area contributed by atoms with E-state index in [9.17, 15) is 4.79 Å². The number of halogens is 1.